The summed E-state index contributed by atoms with van der Waals surface area (Å²) >= 11 is 0. The van der Waals surface area contributed by atoms with Crippen LogP contribution >= 0.6 is 0 Å². The van der Waals surface area contributed by atoms with E-state index >= 15 is 0 Å². The Morgan fingerprint density at radius 3 is 1.62 bits per heavy atom. The van der Waals surface area contributed by atoms with Gasteiger partial charge < -0.3 is 8.98 Å². The maximum atomic E-state index is 6.57. The average molecular weight is 668 g/mol. The number of benzene rings is 7. The van der Waals surface area contributed by atoms with Crippen LogP contribution in [0.25, 0.3) is 95.3 Å². The molecule has 10 rings (SSSR count). The largest absolute Gasteiger partial charge is 0.434 e. The molecule has 0 saturated carbocycles. The van der Waals surface area contributed by atoms with E-state index in [-0.39, 0.29) is 0 Å². The number of para-hydroxylation sites is 1. The molecule has 0 spiro atoms. The van der Waals surface area contributed by atoms with Gasteiger partial charge >= 0.3 is 0 Å². The van der Waals surface area contributed by atoms with Gasteiger partial charge in [-0.3, -0.25) is 0 Å². The van der Waals surface area contributed by atoms with Gasteiger partial charge in [0.15, 0.2) is 23.1 Å². The fraction of sp³-hybridized carbons (Fsp3) is 0. The zero-order valence-corrected chi connectivity index (χ0v) is 27.9. The van der Waals surface area contributed by atoms with Gasteiger partial charge in [0.2, 0.25) is 5.89 Å². The Labute approximate surface area is 299 Å². The Balaban J connectivity index is 1.12. The van der Waals surface area contributed by atoms with E-state index in [4.69, 9.17) is 24.4 Å². The van der Waals surface area contributed by atoms with Gasteiger partial charge in [0.1, 0.15) is 5.52 Å². The zero-order valence-electron chi connectivity index (χ0n) is 27.9. The lowest BCUT2D eigenvalue weighted by Gasteiger charge is -2.12. The summed E-state index contributed by atoms with van der Waals surface area (Å²) in [5, 5.41) is 2.27. The molecule has 6 nitrogen and oxygen atoms in total. The molecule has 0 fully saturated rings. The predicted molar refractivity (Wildman–Crippen MR) is 209 cm³/mol. The molecule has 0 amide bonds. The second-order valence-electron chi connectivity index (χ2n) is 12.7. The highest BCUT2D eigenvalue weighted by Gasteiger charge is 2.20. The van der Waals surface area contributed by atoms with E-state index in [9.17, 15) is 0 Å². The van der Waals surface area contributed by atoms with Crippen LogP contribution in [-0.2, 0) is 0 Å². The molecule has 0 unspecified atom stereocenters. The lowest BCUT2D eigenvalue weighted by Crippen LogP contribution is -2.00. The minimum absolute atomic E-state index is 0.606. The molecule has 244 valence electrons. The van der Waals surface area contributed by atoms with Gasteiger partial charge in [0.25, 0.3) is 0 Å². The van der Waals surface area contributed by atoms with Crippen molar-refractivity contribution in [2.45, 2.75) is 0 Å². The van der Waals surface area contributed by atoms with Crippen molar-refractivity contribution in [3.05, 3.63) is 176 Å². The third-order valence-electron chi connectivity index (χ3n) is 9.47. The van der Waals surface area contributed by atoms with E-state index in [1.54, 1.807) is 0 Å². The normalized spacial score (nSPS) is 11.5. The minimum atomic E-state index is 0.606. The van der Waals surface area contributed by atoms with Crippen molar-refractivity contribution in [3.8, 4) is 62.4 Å². The molecular weight excluding hydrogens is 639 g/mol. The van der Waals surface area contributed by atoms with Crippen LogP contribution in [0.15, 0.2) is 180 Å². The van der Waals surface area contributed by atoms with Crippen molar-refractivity contribution in [2.24, 2.45) is 0 Å². The standard InChI is InChI=1S/C46H29N5O/c1-4-14-30(15-5-1)43-48-44(31-16-6-2-7-17-31)50-45(49-43)35-22-12-20-33(28-35)34-21-13-23-36(29-34)51-40-25-11-10-24-37(40)38-26-27-39-42(41(38)51)52-46(47-39)32-18-8-3-9-19-32/h1-29H. The molecular formula is C46H29N5O. The van der Waals surface area contributed by atoms with Crippen molar-refractivity contribution < 1.29 is 4.42 Å². The maximum absolute atomic E-state index is 6.57. The molecule has 0 saturated heterocycles. The Morgan fingerprint density at radius 2 is 0.923 bits per heavy atom. The van der Waals surface area contributed by atoms with E-state index in [2.05, 4.69) is 89.5 Å². The van der Waals surface area contributed by atoms with E-state index in [0.29, 0.717) is 23.4 Å². The summed E-state index contributed by atoms with van der Waals surface area (Å²) in [6, 6.07) is 59.9. The molecule has 0 aliphatic heterocycles. The van der Waals surface area contributed by atoms with E-state index in [1.807, 2.05) is 91.0 Å². The topological polar surface area (TPSA) is 69.6 Å². The average Bonchev–Trinajstić information content (AvgIpc) is 3.82. The van der Waals surface area contributed by atoms with Gasteiger partial charge in [-0.15, -0.1) is 0 Å². The third kappa shape index (κ3) is 5.13. The first-order valence-electron chi connectivity index (χ1n) is 17.2. The zero-order chi connectivity index (χ0) is 34.4. The molecule has 3 aromatic heterocycles. The highest BCUT2D eigenvalue weighted by Crippen LogP contribution is 2.39. The number of hydrogen-bond donors (Lipinski definition) is 0. The van der Waals surface area contributed by atoms with Crippen LogP contribution in [-0.4, -0.2) is 24.5 Å². The van der Waals surface area contributed by atoms with Gasteiger partial charge in [0.05, 0.1) is 11.0 Å². The quantitative estimate of drug-likeness (QED) is 0.176. The third-order valence-corrected chi connectivity index (χ3v) is 9.47. The highest BCUT2D eigenvalue weighted by atomic mass is 16.3. The second kappa shape index (κ2) is 12.3. The molecule has 0 atom stereocenters. The lowest BCUT2D eigenvalue weighted by molar-refractivity contribution is 0.622. The molecule has 0 aliphatic rings. The van der Waals surface area contributed by atoms with Crippen LogP contribution in [0.5, 0.6) is 0 Å². The molecule has 0 N–H and O–H groups in total. The fourth-order valence-electron chi connectivity index (χ4n) is 7.01. The molecule has 3 heterocycles. The van der Waals surface area contributed by atoms with E-state index < -0.39 is 0 Å². The maximum Gasteiger partial charge on any atom is 0.227 e. The first-order chi connectivity index (χ1) is 25.8. The first-order valence-corrected chi connectivity index (χ1v) is 17.2. The Hall–Kier alpha value is -7.18. The summed E-state index contributed by atoms with van der Waals surface area (Å²) in [5.41, 5.74) is 10.6. The Bertz CT molecular complexity index is 2840. The van der Waals surface area contributed by atoms with Crippen molar-refractivity contribution in [1.82, 2.24) is 24.5 Å². The van der Waals surface area contributed by atoms with Gasteiger partial charge in [-0.2, -0.15) is 0 Å². The summed E-state index contributed by atoms with van der Waals surface area (Å²) in [6.07, 6.45) is 0. The Morgan fingerprint density at radius 1 is 0.385 bits per heavy atom. The molecule has 0 radical (unpaired) electrons. The number of fused-ring (bicyclic) bond motifs is 5. The summed E-state index contributed by atoms with van der Waals surface area (Å²) in [7, 11) is 0. The van der Waals surface area contributed by atoms with Gasteiger partial charge in [-0.1, -0.05) is 127 Å². The molecule has 0 aliphatic carbocycles. The monoisotopic (exact) mass is 667 g/mol. The van der Waals surface area contributed by atoms with Crippen molar-refractivity contribution >= 4 is 32.9 Å². The first kappa shape index (κ1) is 29.7. The van der Waals surface area contributed by atoms with Crippen LogP contribution in [0.2, 0.25) is 0 Å². The number of aromatic nitrogens is 5. The highest BCUT2D eigenvalue weighted by molar-refractivity contribution is 6.16. The molecule has 7 aromatic carbocycles. The number of hydrogen-bond acceptors (Lipinski definition) is 5. The number of nitrogens with zero attached hydrogens (tertiary/aromatic N) is 5. The van der Waals surface area contributed by atoms with Crippen LogP contribution in [0.4, 0.5) is 0 Å². The van der Waals surface area contributed by atoms with Gasteiger partial charge in [-0.05, 0) is 59.7 Å². The molecule has 0 bridgehead atoms. The van der Waals surface area contributed by atoms with Crippen LogP contribution in [0.3, 0.4) is 0 Å². The van der Waals surface area contributed by atoms with Gasteiger partial charge in [0, 0.05) is 38.7 Å². The summed E-state index contributed by atoms with van der Waals surface area (Å²) < 4.78 is 8.87. The van der Waals surface area contributed by atoms with Crippen molar-refractivity contribution in [2.75, 3.05) is 0 Å². The second-order valence-corrected chi connectivity index (χ2v) is 12.7. The van der Waals surface area contributed by atoms with E-state index in [0.717, 1.165) is 72.0 Å². The van der Waals surface area contributed by atoms with Crippen LogP contribution < -0.4 is 0 Å². The minimum Gasteiger partial charge on any atom is -0.434 e. The van der Waals surface area contributed by atoms with Crippen LogP contribution in [0.1, 0.15) is 0 Å². The smallest absolute Gasteiger partial charge is 0.227 e. The van der Waals surface area contributed by atoms with Gasteiger partial charge in [-0.25, -0.2) is 19.9 Å². The summed E-state index contributed by atoms with van der Waals surface area (Å²) in [6.45, 7) is 0. The predicted octanol–water partition coefficient (Wildman–Crippen LogP) is 11.4. The number of oxazole rings is 1. The number of rotatable bonds is 6. The van der Waals surface area contributed by atoms with E-state index in [1.165, 1.54) is 0 Å². The summed E-state index contributed by atoms with van der Waals surface area (Å²) in [5.74, 6) is 2.50. The molecule has 10 aromatic rings. The van der Waals surface area contributed by atoms with Crippen molar-refractivity contribution in [3.63, 3.8) is 0 Å². The molecule has 6 heteroatoms. The lowest BCUT2D eigenvalue weighted by atomic mass is 10.0. The van der Waals surface area contributed by atoms with Crippen molar-refractivity contribution in [1.29, 1.82) is 0 Å². The SMILES string of the molecule is c1ccc(-c2nc(-c3ccccc3)nc(-c3cccc(-c4cccc(-n5c6ccccc6c6ccc7nc(-c8ccccc8)oc7c65)c4)c3)n2)cc1. The summed E-state index contributed by atoms with van der Waals surface area (Å²) in [4.78, 5) is 19.7. The Kier molecular flexibility index (Phi) is 7.03. The molecule has 52 heavy (non-hydrogen) atoms. The van der Waals surface area contributed by atoms with Crippen LogP contribution in [0, 0.1) is 0 Å². The fourth-order valence-corrected chi connectivity index (χ4v) is 7.01.